The fourth-order valence-electron chi connectivity index (χ4n) is 1.11. The zero-order valence-electron chi connectivity index (χ0n) is 9.37. The van der Waals surface area contributed by atoms with Gasteiger partial charge in [-0.15, -0.1) is 0 Å². The normalized spacial score (nSPS) is 10.5. The van der Waals surface area contributed by atoms with Gasteiger partial charge >= 0.3 is 0 Å². The number of hydrogen-bond acceptors (Lipinski definition) is 3. The van der Waals surface area contributed by atoms with Crippen LogP contribution < -0.4 is 10.5 Å². The van der Waals surface area contributed by atoms with Gasteiger partial charge in [0.1, 0.15) is 12.4 Å². The monoisotopic (exact) mass is 242 g/mol. The second kappa shape index (κ2) is 5.72. The summed E-state index contributed by atoms with van der Waals surface area (Å²) in [7, 11) is 3.90. The summed E-state index contributed by atoms with van der Waals surface area (Å²) in [5.41, 5.74) is 5.56. The van der Waals surface area contributed by atoms with E-state index in [-0.39, 0.29) is 0 Å². The van der Waals surface area contributed by atoms with Gasteiger partial charge < -0.3 is 15.4 Å². The van der Waals surface area contributed by atoms with E-state index in [2.05, 4.69) is 0 Å². The summed E-state index contributed by atoms with van der Waals surface area (Å²) in [6.07, 6.45) is 0. The van der Waals surface area contributed by atoms with Gasteiger partial charge in [-0.05, 0) is 32.3 Å². The van der Waals surface area contributed by atoms with Crippen LogP contribution in [0.5, 0.6) is 5.75 Å². The van der Waals surface area contributed by atoms with Crippen molar-refractivity contribution in [2.75, 3.05) is 27.2 Å². The molecule has 0 heterocycles. The number of rotatable bonds is 5. The molecule has 0 aliphatic carbocycles. The molecule has 0 atom stereocenters. The van der Waals surface area contributed by atoms with Crippen molar-refractivity contribution in [3.8, 4) is 5.75 Å². The van der Waals surface area contributed by atoms with E-state index < -0.39 is 5.91 Å². The first kappa shape index (κ1) is 12.8. The Balaban J connectivity index is 2.70. The molecule has 0 saturated carbocycles. The summed E-state index contributed by atoms with van der Waals surface area (Å²) in [6, 6.07) is 4.73. The first-order chi connectivity index (χ1) is 7.50. The Morgan fingerprint density at radius 3 is 2.75 bits per heavy atom. The van der Waals surface area contributed by atoms with Crippen LogP contribution in [-0.4, -0.2) is 38.1 Å². The zero-order valence-corrected chi connectivity index (χ0v) is 10.1. The number of benzene rings is 1. The largest absolute Gasteiger partial charge is 0.491 e. The summed E-state index contributed by atoms with van der Waals surface area (Å²) >= 11 is 5.93. The predicted octanol–water partition coefficient (Wildman–Crippen LogP) is 1.38. The number of likely N-dealkylation sites (N-methyl/N-ethyl adjacent to an activating group) is 1. The fraction of sp³-hybridized carbons (Fsp3) is 0.364. The maximum atomic E-state index is 11.0. The Morgan fingerprint density at radius 2 is 2.19 bits per heavy atom. The van der Waals surface area contributed by atoms with Crippen LogP contribution in [0.1, 0.15) is 10.4 Å². The molecule has 1 rings (SSSR count). The molecule has 88 valence electrons. The summed E-state index contributed by atoms with van der Waals surface area (Å²) < 4.78 is 5.46. The van der Waals surface area contributed by atoms with Crippen molar-refractivity contribution >= 4 is 17.5 Å². The zero-order chi connectivity index (χ0) is 12.1. The average molecular weight is 243 g/mol. The maximum Gasteiger partial charge on any atom is 0.248 e. The summed E-state index contributed by atoms with van der Waals surface area (Å²) in [6.45, 7) is 1.28. The van der Waals surface area contributed by atoms with Crippen molar-refractivity contribution in [3.63, 3.8) is 0 Å². The molecule has 1 aromatic rings. The van der Waals surface area contributed by atoms with E-state index in [1.54, 1.807) is 18.2 Å². The molecule has 1 amide bonds. The van der Waals surface area contributed by atoms with E-state index >= 15 is 0 Å². The standard InChI is InChI=1S/C11H15ClN2O2/c1-14(2)5-6-16-10-7-8(11(13)15)3-4-9(10)12/h3-4,7H,5-6H2,1-2H3,(H2,13,15). The molecule has 0 aliphatic heterocycles. The Morgan fingerprint density at radius 1 is 1.50 bits per heavy atom. The van der Waals surface area contributed by atoms with E-state index in [0.717, 1.165) is 6.54 Å². The number of carbonyl (C=O) groups is 1. The molecule has 16 heavy (non-hydrogen) atoms. The van der Waals surface area contributed by atoms with Crippen molar-refractivity contribution in [3.05, 3.63) is 28.8 Å². The third-order valence-electron chi connectivity index (χ3n) is 2.01. The van der Waals surface area contributed by atoms with Crippen molar-refractivity contribution < 1.29 is 9.53 Å². The molecule has 5 heteroatoms. The predicted molar refractivity (Wildman–Crippen MR) is 64.0 cm³/mol. The van der Waals surface area contributed by atoms with E-state index in [1.807, 2.05) is 19.0 Å². The Hall–Kier alpha value is -1.26. The maximum absolute atomic E-state index is 11.0. The molecule has 0 fully saturated rings. The molecular weight excluding hydrogens is 228 g/mol. The summed E-state index contributed by atoms with van der Waals surface area (Å²) in [5.74, 6) is -0.00561. The van der Waals surface area contributed by atoms with E-state index in [0.29, 0.717) is 22.9 Å². The molecule has 0 spiro atoms. The Kier molecular flexibility index (Phi) is 4.58. The highest BCUT2D eigenvalue weighted by molar-refractivity contribution is 6.32. The van der Waals surface area contributed by atoms with Gasteiger partial charge in [0.2, 0.25) is 5.91 Å². The van der Waals surface area contributed by atoms with Crippen LogP contribution in [0.15, 0.2) is 18.2 Å². The molecule has 0 bridgehead atoms. The van der Waals surface area contributed by atoms with E-state index in [9.17, 15) is 4.79 Å². The highest BCUT2D eigenvalue weighted by Crippen LogP contribution is 2.25. The van der Waals surface area contributed by atoms with Gasteiger partial charge in [-0.2, -0.15) is 0 Å². The van der Waals surface area contributed by atoms with Crippen molar-refractivity contribution in [2.45, 2.75) is 0 Å². The fourth-order valence-corrected chi connectivity index (χ4v) is 1.28. The molecule has 0 radical (unpaired) electrons. The number of hydrogen-bond donors (Lipinski definition) is 1. The van der Waals surface area contributed by atoms with Crippen LogP contribution in [0.2, 0.25) is 5.02 Å². The summed E-state index contributed by atoms with van der Waals surface area (Å²) in [4.78, 5) is 13.0. The average Bonchev–Trinajstić information content (AvgIpc) is 2.20. The first-order valence-corrected chi connectivity index (χ1v) is 5.25. The van der Waals surface area contributed by atoms with Crippen LogP contribution in [0.4, 0.5) is 0 Å². The lowest BCUT2D eigenvalue weighted by Crippen LogP contribution is -2.19. The van der Waals surface area contributed by atoms with E-state index in [4.69, 9.17) is 22.1 Å². The van der Waals surface area contributed by atoms with E-state index in [1.165, 1.54) is 0 Å². The van der Waals surface area contributed by atoms with Gasteiger partial charge in [0.25, 0.3) is 0 Å². The molecule has 0 saturated heterocycles. The number of nitrogens with two attached hydrogens (primary N) is 1. The van der Waals surface area contributed by atoms with Crippen LogP contribution in [0.25, 0.3) is 0 Å². The smallest absolute Gasteiger partial charge is 0.248 e. The highest BCUT2D eigenvalue weighted by Gasteiger charge is 2.06. The topological polar surface area (TPSA) is 55.6 Å². The van der Waals surface area contributed by atoms with Crippen LogP contribution in [0.3, 0.4) is 0 Å². The van der Waals surface area contributed by atoms with Gasteiger partial charge in [-0.1, -0.05) is 11.6 Å². The third-order valence-corrected chi connectivity index (χ3v) is 2.32. The minimum Gasteiger partial charge on any atom is -0.491 e. The van der Waals surface area contributed by atoms with Crippen LogP contribution in [-0.2, 0) is 0 Å². The van der Waals surface area contributed by atoms with Gasteiger partial charge in [-0.25, -0.2) is 0 Å². The number of primary amides is 1. The minimum absolute atomic E-state index is 0.393. The minimum atomic E-state index is -0.492. The molecule has 1 aromatic carbocycles. The number of halogens is 1. The SMILES string of the molecule is CN(C)CCOc1cc(C(N)=O)ccc1Cl. The van der Waals surface area contributed by atoms with Gasteiger partial charge in [0.15, 0.2) is 0 Å². The molecule has 2 N–H and O–H groups in total. The van der Waals surface area contributed by atoms with Gasteiger partial charge in [0, 0.05) is 12.1 Å². The lowest BCUT2D eigenvalue weighted by Gasteiger charge is -2.12. The molecule has 0 aliphatic rings. The van der Waals surface area contributed by atoms with Gasteiger partial charge in [-0.3, -0.25) is 4.79 Å². The van der Waals surface area contributed by atoms with Gasteiger partial charge in [0.05, 0.1) is 5.02 Å². The number of amides is 1. The van der Waals surface area contributed by atoms with Crippen molar-refractivity contribution in [2.24, 2.45) is 5.73 Å². The lowest BCUT2D eigenvalue weighted by molar-refractivity contribution is 0.1000. The molecular formula is C11H15ClN2O2. The lowest BCUT2D eigenvalue weighted by atomic mass is 10.2. The number of carbonyl (C=O) groups excluding carboxylic acids is 1. The molecule has 0 unspecified atom stereocenters. The first-order valence-electron chi connectivity index (χ1n) is 4.87. The second-order valence-electron chi connectivity index (χ2n) is 3.66. The van der Waals surface area contributed by atoms with Crippen molar-refractivity contribution in [1.82, 2.24) is 4.90 Å². The quantitative estimate of drug-likeness (QED) is 0.849. The molecule has 4 nitrogen and oxygen atoms in total. The highest BCUT2D eigenvalue weighted by atomic mass is 35.5. The number of nitrogens with zero attached hydrogens (tertiary/aromatic N) is 1. The van der Waals surface area contributed by atoms with Crippen LogP contribution >= 0.6 is 11.6 Å². The third kappa shape index (κ3) is 3.72. The van der Waals surface area contributed by atoms with Crippen molar-refractivity contribution in [1.29, 1.82) is 0 Å². The second-order valence-corrected chi connectivity index (χ2v) is 4.07. The molecule has 0 aromatic heterocycles. The Labute approximate surface area is 99.9 Å². The number of ether oxygens (including phenoxy) is 1. The Bertz CT molecular complexity index is 380. The summed E-state index contributed by atoms with van der Waals surface area (Å²) in [5, 5.41) is 0.476. The van der Waals surface area contributed by atoms with Crippen LogP contribution in [0, 0.1) is 0 Å².